The Morgan fingerprint density at radius 2 is 1.37 bits per heavy atom. The van der Waals surface area contributed by atoms with Gasteiger partial charge in [0.25, 0.3) is 0 Å². The lowest BCUT2D eigenvalue weighted by Crippen LogP contribution is -2.58. The molecular formula is C20H30N6O9. The number of nitrogens with zero attached hydrogens (tertiary/aromatic N) is 1. The van der Waals surface area contributed by atoms with Crippen molar-refractivity contribution >= 4 is 35.6 Å². The SMILES string of the molecule is CC(C)CC(NC(=O)C(CC(=O)O)NC(=O)C(CC(=O)O)NC(=O)C(N)Cc1cnc[nH]1)C(=O)O. The predicted octanol–water partition coefficient (Wildman–Crippen LogP) is -2.19. The van der Waals surface area contributed by atoms with E-state index in [-0.39, 0.29) is 18.8 Å². The summed E-state index contributed by atoms with van der Waals surface area (Å²) in [5.41, 5.74) is 6.30. The molecular weight excluding hydrogens is 468 g/mol. The van der Waals surface area contributed by atoms with Gasteiger partial charge < -0.3 is 42.0 Å². The monoisotopic (exact) mass is 498 g/mol. The molecule has 0 saturated carbocycles. The number of carbonyl (C=O) groups is 6. The molecule has 35 heavy (non-hydrogen) atoms. The minimum absolute atomic E-state index is 0.00369. The lowest BCUT2D eigenvalue weighted by atomic mass is 10.0. The number of rotatable bonds is 15. The highest BCUT2D eigenvalue weighted by molar-refractivity contribution is 5.96. The molecule has 0 aromatic carbocycles. The van der Waals surface area contributed by atoms with Crippen molar-refractivity contribution in [2.45, 2.75) is 63.7 Å². The number of nitrogens with one attached hydrogen (secondary N) is 4. The molecule has 3 amide bonds. The van der Waals surface area contributed by atoms with Crippen LogP contribution in [0.1, 0.15) is 38.8 Å². The molecule has 0 bridgehead atoms. The van der Waals surface area contributed by atoms with Gasteiger partial charge in [-0.25, -0.2) is 9.78 Å². The van der Waals surface area contributed by atoms with E-state index < -0.39 is 72.6 Å². The van der Waals surface area contributed by atoms with Gasteiger partial charge in [0.05, 0.1) is 25.2 Å². The van der Waals surface area contributed by atoms with E-state index in [9.17, 15) is 33.9 Å². The van der Waals surface area contributed by atoms with Crippen LogP contribution in [0.3, 0.4) is 0 Å². The highest BCUT2D eigenvalue weighted by atomic mass is 16.4. The van der Waals surface area contributed by atoms with Crippen LogP contribution in [0.2, 0.25) is 0 Å². The van der Waals surface area contributed by atoms with Crippen LogP contribution in [0, 0.1) is 5.92 Å². The molecule has 0 aliphatic rings. The molecule has 0 aliphatic carbocycles. The van der Waals surface area contributed by atoms with Crippen molar-refractivity contribution in [1.82, 2.24) is 25.9 Å². The number of imidazole rings is 1. The maximum Gasteiger partial charge on any atom is 0.326 e. The van der Waals surface area contributed by atoms with E-state index in [4.69, 9.17) is 15.9 Å². The minimum Gasteiger partial charge on any atom is -0.481 e. The molecule has 1 aromatic heterocycles. The smallest absolute Gasteiger partial charge is 0.326 e. The number of aromatic nitrogens is 2. The number of amides is 3. The van der Waals surface area contributed by atoms with Gasteiger partial charge in [-0.15, -0.1) is 0 Å². The van der Waals surface area contributed by atoms with Crippen molar-refractivity contribution in [1.29, 1.82) is 0 Å². The van der Waals surface area contributed by atoms with Crippen LogP contribution in [0.25, 0.3) is 0 Å². The zero-order valence-corrected chi connectivity index (χ0v) is 19.2. The largest absolute Gasteiger partial charge is 0.481 e. The van der Waals surface area contributed by atoms with E-state index in [0.29, 0.717) is 5.69 Å². The number of carboxylic acids is 3. The van der Waals surface area contributed by atoms with Gasteiger partial charge in [-0.1, -0.05) is 13.8 Å². The Labute approximate surface area is 199 Å². The Morgan fingerprint density at radius 1 is 0.886 bits per heavy atom. The summed E-state index contributed by atoms with van der Waals surface area (Å²) < 4.78 is 0. The third kappa shape index (κ3) is 10.6. The van der Waals surface area contributed by atoms with E-state index >= 15 is 0 Å². The Hall–Kier alpha value is -4.01. The zero-order chi connectivity index (χ0) is 26.7. The van der Waals surface area contributed by atoms with Gasteiger partial charge in [0.1, 0.15) is 18.1 Å². The predicted molar refractivity (Wildman–Crippen MR) is 118 cm³/mol. The molecule has 0 saturated heterocycles. The van der Waals surface area contributed by atoms with Crippen molar-refractivity contribution in [3.8, 4) is 0 Å². The molecule has 4 unspecified atom stereocenters. The van der Waals surface area contributed by atoms with Crippen LogP contribution in [0.5, 0.6) is 0 Å². The zero-order valence-electron chi connectivity index (χ0n) is 19.2. The van der Waals surface area contributed by atoms with Crippen LogP contribution in [-0.2, 0) is 35.2 Å². The highest BCUT2D eigenvalue weighted by Crippen LogP contribution is 2.07. The molecule has 194 valence electrons. The summed E-state index contributed by atoms with van der Waals surface area (Å²) >= 11 is 0. The van der Waals surface area contributed by atoms with E-state index in [1.807, 2.05) is 0 Å². The molecule has 0 aliphatic heterocycles. The van der Waals surface area contributed by atoms with Crippen LogP contribution in [0.15, 0.2) is 12.5 Å². The fraction of sp³-hybridized carbons (Fsp3) is 0.550. The van der Waals surface area contributed by atoms with Crippen LogP contribution < -0.4 is 21.7 Å². The first kappa shape index (κ1) is 29.0. The molecule has 1 rings (SSSR count). The average Bonchev–Trinajstić information content (AvgIpc) is 3.23. The summed E-state index contributed by atoms with van der Waals surface area (Å²) in [4.78, 5) is 78.1. The normalized spacial score (nSPS) is 14.3. The van der Waals surface area contributed by atoms with Crippen molar-refractivity contribution < 1.29 is 44.1 Å². The molecule has 0 spiro atoms. The van der Waals surface area contributed by atoms with E-state index in [1.54, 1.807) is 13.8 Å². The van der Waals surface area contributed by atoms with Crippen LogP contribution >= 0.6 is 0 Å². The molecule has 4 atom stereocenters. The fourth-order valence-electron chi connectivity index (χ4n) is 3.01. The maximum atomic E-state index is 12.7. The van der Waals surface area contributed by atoms with Crippen molar-refractivity contribution in [2.24, 2.45) is 11.7 Å². The van der Waals surface area contributed by atoms with Gasteiger partial charge in [0, 0.05) is 18.3 Å². The molecule has 0 fully saturated rings. The number of carbonyl (C=O) groups excluding carboxylic acids is 3. The molecule has 15 nitrogen and oxygen atoms in total. The van der Waals surface area contributed by atoms with E-state index in [2.05, 4.69) is 25.9 Å². The summed E-state index contributed by atoms with van der Waals surface area (Å²) in [7, 11) is 0. The summed E-state index contributed by atoms with van der Waals surface area (Å²) in [6, 6.07) is -5.94. The summed E-state index contributed by atoms with van der Waals surface area (Å²) in [6.07, 6.45) is 1.03. The topological polar surface area (TPSA) is 254 Å². The summed E-state index contributed by atoms with van der Waals surface area (Å²) in [5, 5.41) is 34.0. The fourth-order valence-corrected chi connectivity index (χ4v) is 3.01. The number of aromatic amines is 1. The van der Waals surface area contributed by atoms with Crippen molar-refractivity contribution in [3.05, 3.63) is 18.2 Å². The second kappa shape index (κ2) is 13.6. The van der Waals surface area contributed by atoms with Crippen molar-refractivity contribution in [2.75, 3.05) is 0 Å². The third-order valence-electron chi connectivity index (χ3n) is 4.68. The maximum absolute atomic E-state index is 12.7. The number of nitrogens with two attached hydrogens (primary N) is 1. The average molecular weight is 498 g/mol. The van der Waals surface area contributed by atoms with Crippen LogP contribution in [0.4, 0.5) is 0 Å². The van der Waals surface area contributed by atoms with Gasteiger partial charge in [-0.2, -0.15) is 0 Å². The van der Waals surface area contributed by atoms with Gasteiger partial charge in [-0.3, -0.25) is 24.0 Å². The van der Waals surface area contributed by atoms with Crippen molar-refractivity contribution in [3.63, 3.8) is 0 Å². The second-order valence-corrected chi connectivity index (χ2v) is 8.23. The number of aliphatic carboxylic acids is 3. The first-order chi connectivity index (χ1) is 16.3. The first-order valence-electron chi connectivity index (χ1n) is 10.6. The molecule has 1 heterocycles. The van der Waals surface area contributed by atoms with Gasteiger partial charge >= 0.3 is 17.9 Å². The van der Waals surface area contributed by atoms with Gasteiger partial charge in [0.2, 0.25) is 17.7 Å². The molecule has 9 N–H and O–H groups in total. The number of carboxylic acid groups (broad SMARTS) is 3. The molecule has 1 aromatic rings. The van der Waals surface area contributed by atoms with E-state index in [0.717, 1.165) is 0 Å². The first-order valence-corrected chi connectivity index (χ1v) is 10.6. The van der Waals surface area contributed by atoms with Gasteiger partial charge in [0.15, 0.2) is 0 Å². The quantitative estimate of drug-likeness (QED) is 0.129. The lowest BCUT2D eigenvalue weighted by molar-refractivity contribution is -0.145. The Bertz CT molecular complexity index is 918. The Kier molecular flexibility index (Phi) is 11.3. The standard InChI is InChI=1S/C20H30N6O9/c1-9(2)3-14(20(34)35)26-19(33)13(6-16(29)30)25-18(32)12(5-15(27)28)24-17(31)11(21)4-10-7-22-8-23-10/h7-9,11-14H,3-6,21H2,1-2H3,(H,22,23)(H,24,31)(H,25,32)(H,26,33)(H,27,28)(H,29,30)(H,34,35). The highest BCUT2D eigenvalue weighted by Gasteiger charge is 2.32. The number of hydrogen-bond donors (Lipinski definition) is 8. The Balaban J connectivity index is 2.96. The van der Waals surface area contributed by atoms with Gasteiger partial charge in [-0.05, 0) is 12.3 Å². The third-order valence-corrected chi connectivity index (χ3v) is 4.68. The number of H-pyrrole nitrogens is 1. The summed E-state index contributed by atoms with van der Waals surface area (Å²) in [6.45, 7) is 3.43. The summed E-state index contributed by atoms with van der Waals surface area (Å²) in [5.74, 6) is -7.55. The molecule has 0 radical (unpaired) electrons. The van der Waals surface area contributed by atoms with E-state index in [1.165, 1.54) is 12.5 Å². The van der Waals surface area contributed by atoms with Crippen LogP contribution in [-0.4, -0.2) is 85.1 Å². The Morgan fingerprint density at radius 3 is 1.77 bits per heavy atom. The minimum atomic E-state index is -1.74. The second-order valence-electron chi connectivity index (χ2n) is 8.23. The molecule has 15 heteroatoms. The lowest BCUT2D eigenvalue weighted by Gasteiger charge is -2.24. The number of hydrogen-bond acceptors (Lipinski definition) is 8.